The molecule has 0 aromatic heterocycles. The molecule has 0 bridgehead atoms. The largest absolute Gasteiger partial charge is 0.466 e. The molecule has 84 heavy (non-hydrogen) atoms. The molecular formula is C78H151NO5. The van der Waals surface area contributed by atoms with Crippen molar-refractivity contribution in [1.29, 1.82) is 0 Å². The van der Waals surface area contributed by atoms with E-state index in [4.69, 9.17) is 4.74 Å². The Kier molecular flexibility index (Phi) is 72.3. The number of hydrogen-bond donors (Lipinski definition) is 3. The van der Waals surface area contributed by atoms with E-state index in [1.54, 1.807) is 0 Å². The monoisotopic (exact) mass is 1180 g/mol. The summed E-state index contributed by atoms with van der Waals surface area (Å²) in [4.78, 5) is 24.6. The predicted octanol–water partition coefficient (Wildman–Crippen LogP) is 25.3. The lowest BCUT2D eigenvalue weighted by Crippen LogP contribution is -2.45. The molecule has 2 unspecified atom stereocenters. The third kappa shape index (κ3) is 69.4. The minimum atomic E-state index is -0.662. The van der Waals surface area contributed by atoms with Crippen molar-refractivity contribution in [3.63, 3.8) is 0 Å². The van der Waals surface area contributed by atoms with Crippen molar-refractivity contribution in [3.05, 3.63) is 24.3 Å². The quantitative estimate of drug-likeness (QED) is 0.0320. The number of amides is 1. The number of esters is 1. The number of ether oxygens (including phenoxy) is 1. The van der Waals surface area contributed by atoms with Crippen LogP contribution < -0.4 is 5.32 Å². The molecule has 0 saturated carbocycles. The zero-order chi connectivity index (χ0) is 60.6. The summed E-state index contributed by atoms with van der Waals surface area (Å²) in [7, 11) is 0. The summed E-state index contributed by atoms with van der Waals surface area (Å²) in [5.41, 5.74) is 0. The minimum absolute atomic E-state index is 0.0124. The Morgan fingerprint density at radius 1 is 0.321 bits per heavy atom. The van der Waals surface area contributed by atoms with E-state index in [1.807, 2.05) is 0 Å². The van der Waals surface area contributed by atoms with E-state index < -0.39 is 12.1 Å². The first-order valence-electron chi connectivity index (χ1n) is 38.6. The van der Waals surface area contributed by atoms with Crippen LogP contribution >= 0.6 is 0 Å². The summed E-state index contributed by atoms with van der Waals surface area (Å²) < 4.78 is 5.49. The molecule has 0 aliphatic heterocycles. The van der Waals surface area contributed by atoms with Gasteiger partial charge in [0, 0.05) is 12.8 Å². The summed E-state index contributed by atoms with van der Waals surface area (Å²) in [6, 6.07) is -0.539. The molecule has 0 spiro atoms. The lowest BCUT2D eigenvalue weighted by Gasteiger charge is -2.22. The Morgan fingerprint density at radius 2 is 0.560 bits per heavy atom. The van der Waals surface area contributed by atoms with Crippen molar-refractivity contribution in [2.45, 2.75) is 450 Å². The van der Waals surface area contributed by atoms with Crippen LogP contribution in [0.15, 0.2) is 24.3 Å². The normalized spacial score (nSPS) is 12.6. The van der Waals surface area contributed by atoms with Crippen molar-refractivity contribution < 1.29 is 24.5 Å². The average Bonchev–Trinajstić information content (AvgIpc) is 3.51. The first kappa shape index (κ1) is 82.3. The van der Waals surface area contributed by atoms with Crippen LogP contribution in [0.3, 0.4) is 0 Å². The van der Waals surface area contributed by atoms with Gasteiger partial charge in [0.25, 0.3) is 0 Å². The van der Waals surface area contributed by atoms with Gasteiger partial charge in [-0.1, -0.05) is 372 Å². The molecule has 0 aromatic rings. The summed E-state index contributed by atoms with van der Waals surface area (Å²) in [6.07, 6.45) is 94.1. The summed E-state index contributed by atoms with van der Waals surface area (Å²) in [6.45, 7) is 4.99. The summed E-state index contributed by atoms with van der Waals surface area (Å²) >= 11 is 0. The van der Waals surface area contributed by atoms with E-state index in [-0.39, 0.29) is 18.5 Å². The molecule has 6 heteroatoms. The predicted molar refractivity (Wildman–Crippen MR) is 370 cm³/mol. The first-order valence-corrected chi connectivity index (χ1v) is 38.6. The van der Waals surface area contributed by atoms with Crippen molar-refractivity contribution >= 4 is 11.9 Å². The SMILES string of the molecule is CCCCCCC/C=C\CCCCCCCC(=O)OCCCCCCCCCCCCCCCC/C=C\CCCCCCCCCCCCCCCCCCCC(=O)NC(CO)C(O)CCCCCCCCCCCCCCCCCCCC. The number of hydrogen-bond acceptors (Lipinski definition) is 5. The Morgan fingerprint density at radius 3 is 0.845 bits per heavy atom. The second-order valence-electron chi connectivity index (χ2n) is 26.7. The van der Waals surface area contributed by atoms with Crippen molar-refractivity contribution in [2.75, 3.05) is 13.2 Å². The number of aliphatic hydroxyl groups excluding tert-OH is 2. The number of carbonyl (C=O) groups is 2. The van der Waals surface area contributed by atoms with Crippen LogP contribution in [0.1, 0.15) is 438 Å². The van der Waals surface area contributed by atoms with E-state index in [0.717, 1.165) is 44.9 Å². The van der Waals surface area contributed by atoms with Gasteiger partial charge in [0.2, 0.25) is 5.91 Å². The van der Waals surface area contributed by atoms with Gasteiger partial charge in [-0.25, -0.2) is 0 Å². The van der Waals surface area contributed by atoms with Gasteiger partial charge in [0.1, 0.15) is 0 Å². The number of allylic oxidation sites excluding steroid dienone is 4. The molecule has 498 valence electrons. The van der Waals surface area contributed by atoms with Gasteiger partial charge >= 0.3 is 5.97 Å². The van der Waals surface area contributed by atoms with Gasteiger partial charge in [0.15, 0.2) is 0 Å². The molecule has 3 N–H and O–H groups in total. The van der Waals surface area contributed by atoms with Gasteiger partial charge < -0.3 is 20.3 Å². The van der Waals surface area contributed by atoms with Crippen LogP contribution in [0.5, 0.6) is 0 Å². The third-order valence-electron chi connectivity index (χ3n) is 18.2. The highest BCUT2D eigenvalue weighted by atomic mass is 16.5. The second kappa shape index (κ2) is 73.8. The second-order valence-corrected chi connectivity index (χ2v) is 26.7. The fourth-order valence-electron chi connectivity index (χ4n) is 12.3. The summed E-state index contributed by atoms with van der Waals surface area (Å²) in [5, 5.41) is 23.4. The van der Waals surface area contributed by atoms with Crippen LogP contribution in [-0.2, 0) is 14.3 Å². The molecule has 6 nitrogen and oxygen atoms in total. The molecule has 2 atom stereocenters. The van der Waals surface area contributed by atoms with Crippen LogP contribution in [-0.4, -0.2) is 47.4 Å². The maximum atomic E-state index is 12.5. The molecule has 0 saturated heterocycles. The van der Waals surface area contributed by atoms with Gasteiger partial charge in [-0.2, -0.15) is 0 Å². The fraction of sp³-hybridized carbons (Fsp3) is 0.923. The Bertz CT molecular complexity index is 1320. The Labute approximate surface area is 526 Å². The molecule has 1 amide bonds. The van der Waals surface area contributed by atoms with E-state index in [0.29, 0.717) is 25.9 Å². The Balaban J connectivity index is 3.34. The standard InChI is InChI=1S/C78H151NO5/c1-3-5-7-9-11-13-15-17-19-20-40-43-46-50-54-58-62-66-70-76(81)75(74-80)79-77(82)71-67-63-59-55-51-47-44-41-38-36-34-32-30-28-26-24-22-21-23-25-27-29-31-33-35-37-39-42-45-49-53-57-61-65-69-73-84-78(83)72-68-64-60-56-52-48-18-16-14-12-10-8-6-4-2/h16,18,23,25,75-76,80-81H,3-15,17,19-22,24,26-74H2,1-2H3,(H,79,82)/b18-16-,25-23-. The van der Waals surface area contributed by atoms with Crippen molar-refractivity contribution in [3.8, 4) is 0 Å². The van der Waals surface area contributed by atoms with Crippen LogP contribution in [0.4, 0.5) is 0 Å². The maximum absolute atomic E-state index is 12.5. The van der Waals surface area contributed by atoms with Crippen LogP contribution in [0.2, 0.25) is 0 Å². The third-order valence-corrected chi connectivity index (χ3v) is 18.2. The molecule has 0 radical (unpaired) electrons. The smallest absolute Gasteiger partial charge is 0.305 e. The highest BCUT2D eigenvalue weighted by Gasteiger charge is 2.20. The lowest BCUT2D eigenvalue weighted by molar-refractivity contribution is -0.143. The molecule has 0 aliphatic carbocycles. The highest BCUT2D eigenvalue weighted by Crippen LogP contribution is 2.20. The van der Waals surface area contributed by atoms with Crippen LogP contribution in [0, 0.1) is 0 Å². The highest BCUT2D eigenvalue weighted by molar-refractivity contribution is 5.76. The van der Waals surface area contributed by atoms with Crippen molar-refractivity contribution in [1.82, 2.24) is 5.32 Å². The molecule has 0 heterocycles. The maximum Gasteiger partial charge on any atom is 0.305 e. The number of carbonyl (C=O) groups excluding carboxylic acids is 2. The van der Waals surface area contributed by atoms with E-state index in [9.17, 15) is 19.8 Å². The zero-order valence-corrected chi connectivity index (χ0v) is 57.2. The number of aliphatic hydroxyl groups is 2. The minimum Gasteiger partial charge on any atom is -0.466 e. The zero-order valence-electron chi connectivity index (χ0n) is 57.2. The lowest BCUT2D eigenvalue weighted by atomic mass is 10.0. The summed E-state index contributed by atoms with van der Waals surface area (Å²) in [5.74, 6) is -0.0145. The van der Waals surface area contributed by atoms with Gasteiger partial charge in [0.05, 0.1) is 25.4 Å². The van der Waals surface area contributed by atoms with Crippen molar-refractivity contribution in [2.24, 2.45) is 0 Å². The van der Waals surface area contributed by atoms with Gasteiger partial charge in [-0.15, -0.1) is 0 Å². The number of rotatable bonds is 73. The molecule has 0 rings (SSSR count). The molecule has 0 fully saturated rings. The Hall–Kier alpha value is -1.66. The number of unbranched alkanes of at least 4 members (excludes halogenated alkanes) is 58. The van der Waals surface area contributed by atoms with Crippen LogP contribution in [0.25, 0.3) is 0 Å². The molecule has 0 aromatic carbocycles. The number of nitrogens with one attached hydrogen (secondary N) is 1. The molecule has 0 aliphatic rings. The molecular weight excluding hydrogens is 1030 g/mol. The average molecular weight is 1180 g/mol. The fourth-order valence-corrected chi connectivity index (χ4v) is 12.3. The van der Waals surface area contributed by atoms with Gasteiger partial charge in [-0.3, -0.25) is 9.59 Å². The topological polar surface area (TPSA) is 95.9 Å². The first-order chi connectivity index (χ1) is 41.5. The van der Waals surface area contributed by atoms with Gasteiger partial charge in [-0.05, 0) is 77.0 Å². The van der Waals surface area contributed by atoms with E-state index in [2.05, 4.69) is 43.5 Å². The van der Waals surface area contributed by atoms with E-state index >= 15 is 0 Å². The van der Waals surface area contributed by atoms with E-state index in [1.165, 1.54) is 360 Å².